The van der Waals surface area contributed by atoms with Crippen LogP contribution in [0.15, 0.2) is 18.2 Å². The molecule has 0 radical (unpaired) electrons. The Morgan fingerprint density at radius 3 is 2.50 bits per heavy atom. The molecule has 1 saturated heterocycles. The molecule has 20 heavy (non-hydrogen) atoms. The number of nitrogens with one attached hydrogen (secondary N) is 1. The van der Waals surface area contributed by atoms with Gasteiger partial charge < -0.3 is 15.1 Å². The third-order valence-electron chi connectivity index (χ3n) is 3.54. The van der Waals surface area contributed by atoms with Gasteiger partial charge in [0.25, 0.3) is 0 Å². The highest BCUT2D eigenvalue weighted by atomic mass is 19.2. The number of likely N-dealkylation sites (N-methyl/N-ethyl adjacent to an activating group) is 1. The lowest BCUT2D eigenvalue weighted by atomic mass is 10.3. The summed E-state index contributed by atoms with van der Waals surface area (Å²) in [5.74, 6) is -1.83. The second kappa shape index (κ2) is 6.65. The molecule has 0 unspecified atom stereocenters. The number of carbonyl (C=O) groups excluding carboxylic acids is 1. The van der Waals surface area contributed by atoms with E-state index >= 15 is 0 Å². The summed E-state index contributed by atoms with van der Waals surface area (Å²) in [4.78, 5) is 16.1. The first kappa shape index (κ1) is 14.7. The van der Waals surface area contributed by atoms with Crippen LogP contribution in [0.4, 0.5) is 14.5 Å². The molecule has 0 saturated carbocycles. The maximum Gasteiger partial charge on any atom is 0.241 e. The van der Waals surface area contributed by atoms with E-state index in [2.05, 4.69) is 17.1 Å². The summed E-state index contributed by atoms with van der Waals surface area (Å²) >= 11 is 0. The molecular weight excluding hydrogens is 264 g/mol. The fourth-order valence-electron chi connectivity index (χ4n) is 2.21. The Morgan fingerprint density at radius 2 is 1.90 bits per heavy atom. The topological polar surface area (TPSA) is 35.6 Å². The number of benzene rings is 1. The number of piperazine rings is 1. The molecule has 1 aromatic carbocycles. The molecule has 0 aromatic heterocycles. The van der Waals surface area contributed by atoms with Crippen LogP contribution in [0.25, 0.3) is 0 Å². The molecule has 1 amide bonds. The van der Waals surface area contributed by atoms with E-state index in [1.165, 1.54) is 6.07 Å². The fraction of sp³-hybridized carbons (Fsp3) is 0.500. The molecule has 110 valence electrons. The average molecular weight is 283 g/mol. The number of carbonyl (C=O) groups is 1. The van der Waals surface area contributed by atoms with Crippen LogP contribution in [-0.4, -0.2) is 55.0 Å². The minimum atomic E-state index is -0.918. The number of hydrogen-bond donors (Lipinski definition) is 1. The zero-order valence-electron chi connectivity index (χ0n) is 11.5. The maximum atomic E-state index is 13.0. The Kier molecular flexibility index (Phi) is 4.89. The highest BCUT2D eigenvalue weighted by Crippen LogP contribution is 2.13. The van der Waals surface area contributed by atoms with E-state index in [4.69, 9.17) is 0 Å². The number of anilines is 1. The summed E-state index contributed by atoms with van der Waals surface area (Å²) in [6.45, 7) is 6.38. The van der Waals surface area contributed by atoms with Gasteiger partial charge in [-0.1, -0.05) is 6.92 Å². The number of hydrogen-bond acceptors (Lipinski definition) is 3. The van der Waals surface area contributed by atoms with Gasteiger partial charge in [-0.05, 0) is 18.7 Å². The van der Waals surface area contributed by atoms with Crippen molar-refractivity contribution in [2.24, 2.45) is 0 Å². The quantitative estimate of drug-likeness (QED) is 0.910. The van der Waals surface area contributed by atoms with Crippen molar-refractivity contribution in [1.29, 1.82) is 0 Å². The van der Waals surface area contributed by atoms with Crippen LogP contribution in [-0.2, 0) is 4.79 Å². The van der Waals surface area contributed by atoms with Crippen molar-refractivity contribution >= 4 is 11.6 Å². The predicted octanol–water partition coefficient (Wildman–Crippen LogP) is 1.54. The number of nitrogens with zero attached hydrogens (tertiary/aromatic N) is 2. The summed E-state index contributed by atoms with van der Waals surface area (Å²) in [6, 6.07) is 3.51. The number of amides is 1. The lowest BCUT2D eigenvalue weighted by Crippen LogP contribution is -2.49. The molecule has 1 N–H and O–H groups in total. The molecule has 2 rings (SSSR count). The molecule has 1 heterocycles. The van der Waals surface area contributed by atoms with Crippen LogP contribution < -0.4 is 5.32 Å². The zero-order chi connectivity index (χ0) is 14.5. The van der Waals surface area contributed by atoms with E-state index in [1.807, 2.05) is 0 Å². The van der Waals surface area contributed by atoms with Gasteiger partial charge in [0.2, 0.25) is 5.91 Å². The second-order valence-corrected chi connectivity index (χ2v) is 4.80. The van der Waals surface area contributed by atoms with Crippen LogP contribution in [0, 0.1) is 11.6 Å². The van der Waals surface area contributed by atoms with E-state index in [0.29, 0.717) is 18.8 Å². The summed E-state index contributed by atoms with van der Waals surface area (Å²) in [7, 11) is 0. The molecule has 1 aliphatic heterocycles. The molecule has 6 heteroatoms. The monoisotopic (exact) mass is 283 g/mol. The molecule has 0 spiro atoms. The van der Waals surface area contributed by atoms with E-state index in [9.17, 15) is 13.6 Å². The standard InChI is InChI=1S/C14H19F2N3O/c1-2-18-5-7-19(8-6-18)14(20)10-17-11-3-4-12(15)13(16)9-11/h3-4,9,17H,2,5-8,10H2,1H3. The van der Waals surface area contributed by atoms with E-state index in [1.54, 1.807) is 4.90 Å². The molecule has 0 aliphatic carbocycles. The van der Waals surface area contributed by atoms with Crippen molar-refractivity contribution in [3.8, 4) is 0 Å². The Bertz CT molecular complexity index is 473. The minimum absolute atomic E-state index is 0.0227. The normalized spacial score (nSPS) is 16.2. The van der Waals surface area contributed by atoms with Gasteiger partial charge in [-0.15, -0.1) is 0 Å². The zero-order valence-corrected chi connectivity index (χ0v) is 11.5. The molecule has 1 fully saturated rings. The Labute approximate surface area is 117 Å². The van der Waals surface area contributed by atoms with E-state index in [-0.39, 0.29) is 12.5 Å². The Hall–Kier alpha value is -1.69. The second-order valence-electron chi connectivity index (χ2n) is 4.80. The molecule has 1 aliphatic rings. The van der Waals surface area contributed by atoms with Gasteiger partial charge in [0, 0.05) is 37.9 Å². The molecule has 4 nitrogen and oxygen atoms in total. The first-order valence-electron chi connectivity index (χ1n) is 6.79. The Morgan fingerprint density at radius 1 is 1.20 bits per heavy atom. The fourth-order valence-corrected chi connectivity index (χ4v) is 2.21. The minimum Gasteiger partial charge on any atom is -0.376 e. The van der Waals surface area contributed by atoms with Crippen molar-refractivity contribution in [1.82, 2.24) is 9.80 Å². The van der Waals surface area contributed by atoms with Crippen molar-refractivity contribution in [2.45, 2.75) is 6.92 Å². The third kappa shape index (κ3) is 3.66. The van der Waals surface area contributed by atoms with Crippen LogP contribution in [0.1, 0.15) is 6.92 Å². The van der Waals surface area contributed by atoms with Crippen LogP contribution >= 0.6 is 0 Å². The lowest BCUT2D eigenvalue weighted by Gasteiger charge is -2.34. The molecule has 0 atom stereocenters. The van der Waals surface area contributed by atoms with Crippen LogP contribution in [0.2, 0.25) is 0 Å². The van der Waals surface area contributed by atoms with Gasteiger partial charge in [-0.3, -0.25) is 4.79 Å². The van der Waals surface area contributed by atoms with Crippen molar-refractivity contribution < 1.29 is 13.6 Å². The third-order valence-corrected chi connectivity index (χ3v) is 3.54. The largest absolute Gasteiger partial charge is 0.376 e. The van der Waals surface area contributed by atoms with Gasteiger partial charge in [-0.25, -0.2) is 8.78 Å². The molecule has 1 aromatic rings. The van der Waals surface area contributed by atoms with Crippen LogP contribution in [0.5, 0.6) is 0 Å². The maximum absolute atomic E-state index is 13.0. The average Bonchev–Trinajstić information content (AvgIpc) is 2.48. The van der Waals surface area contributed by atoms with Gasteiger partial charge in [-0.2, -0.15) is 0 Å². The lowest BCUT2D eigenvalue weighted by molar-refractivity contribution is -0.131. The molecule has 0 bridgehead atoms. The smallest absolute Gasteiger partial charge is 0.241 e. The van der Waals surface area contributed by atoms with E-state index < -0.39 is 11.6 Å². The Balaban J connectivity index is 1.81. The van der Waals surface area contributed by atoms with Gasteiger partial charge >= 0.3 is 0 Å². The number of rotatable bonds is 4. The highest BCUT2D eigenvalue weighted by molar-refractivity contribution is 5.81. The van der Waals surface area contributed by atoms with Crippen molar-refractivity contribution in [3.05, 3.63) is 29.8 Å². The van der Waals surface area contributed by atoms with Gasteiger partial charge in [0.1, 0.15) is 0 Å². The summed E-state index contributed by atoms with van der Waals surface area (Å²) in [6.07, 6.45) is 0. The SMILES string of the molecule is CCN1CCN(C(=O)CNc2ccc(F)c(F)c2)CC1. The van der Waals surface area contributed by atoms with Crippen LogP contribution in [0.3, 0.4) is 0 Å². The first-order chi connectivity index (χ1) is 9.60. The summed E-state index contributed by atoms with van der Waals surface area (Å²) in [5, 5.41) is 2.82. The van der Waals surface area contributed by atoms with Crippen molar-refractivity contribution in [3.63, 3.8) is 0 Å². The van der Waals surface area contributed by atoms with E-state index in [0.717, 1.165) is 31.8 Å². The van der Waals surface area contributed by atoms with Gasteiger partial charge in [0.15, 0.2) is 11.6 Å². The van der Waals surface area contributed by atoms with Gasteiger partial charge in [0.05, 0.1) is 6.54 Å². The first-order valence-corrected chi connectivity index (χ1v) is 6.79. The summed E-state index contributed by atoms with van der Waals surface area (Å²) < 4.78 is 25.8. The number of halogens is 2. The molecular formula is C14H19F2N3O. The highest BCUT2D eigenvalue weighted by Gasteiger charge is 2.19. The van der Waals surface area contributed by atoms with Crippen molar-refractivity contribution in [2.75, 3.05) is 44.6 Å². The predicted molar refractivity (Wildman–Crippen MR) is 73.5 cm³/mol. The summed E-state index contributed by atoms with van der Waals surface area (Å²) in [5.41, 5.74) is 0.407.